The third kappa shape index (κ3) is 4.38. The number of benzene rings is 1. The molecule has 0 aliphatic carbocycles. The van der Waals surface area contributed by atoms with Gasteiger partial charge in [-0.1, -0.05) is 35.5 Å². The Bertz CT molecular complexity index is 641. The van der Waals surface area contributed by atoms with Crippen LogP contribution in [-0.4, -0.2) is 33.7 Å². The van der Waals surface area contributed by atoms with E-state index in [9.17, 15) is 14.7 Å². The molecule has 0 aliphatic rings. The lowest BCUT2D eigenvalue weighted by Gasteiger charge is -2.14. The standard InChI is InChI=1S/C14H15N3O5/c1-9-15-12(22-17-9)8-21-7-11(18)16-13(14(19)20)10-5-3-2-4-6-10/h2-6,13H,7-8H2,1H3,(H,16,18)(H,19,20)/t13-/m0/s1. The predicted molar refractivity (Wildman–Crippen MR) is 73.7 cm³/mol. The number of carbonyl (C=O) groups is 2. The molecular formula is C14H15N3O5. The number of carboxylic acids is 1. The number of nitrogens with zero attached hydrogens (tertiary/aromatic N) is 2. The highest BCUT2D eigenvalue weighted by atomic mass is 16.5. The minimum Gasteiger partial charge on any atom is -0.479 e. The summed E-state index contributed by atoms with van der Waals surface area (Å²) in [5, 5.41) is 15.2. The Morgan fingerprint density at radius 2 is 2.09 bits per heavy atom. The summed E-state index contributed by atoms with van der Waals surface area (Å²) in [4.78, 5) is 26.9. The molecule has 0 fully saturated rings. The molecule has 0 saturated heterocycles. The van der Waals surface area contributed by atoms with E-state index in [0.717, 1.165) is 0 Å². The van der Waals surface area contributed by atoms with E-state index in [1.807, 2.05) is 0 Å². The van der Waals surface area contributed by atoms with Gasteiger partial charge in [-0.3, -0.25) is 4.79 Å². The zero-order valence-electron chi connectivity index (χ0n) is 11.9. The fourth-order valence-electron chi connectivity index (χ4n) is 1.77. The van der Waals surface area contributed by atoms with E-state index >= 15 is 0 Å². The van der Waals surface area contributed by atoms with E-state index in [4.69, 9.17) is 9.26 Å². The van der Waals surface area contributed by atoms with Crippen LogP contribution >= 0.6 is 0 Å². The third-order valence-electron chi connectivity index (χ3n) is 2.71. The molecule has 8 nitrogen and oxygen atoms in total. The molecule has 0 radical (unpaired) electrons. The fourth-order valence-corrected chi connectivity index (χ4v) is 1.77. The van der Waals surface area contributed by atoms with Crippen LogP contribution in [0.4, 0.5) is 0 Å². The van der Waals surface area contributed by atoms with Gasteiger partial charge in [0.25, 0.3) is 5.89 Å². The summed E-state index contributed by atoms with van der Waals surface area (Å²) in [5.74, 6) is -0.971. The maximum absolute atomic E-state index is 11.8. The first kappa shape index (κ1) is 15.6. The van der Waals surface area contributed by atoms with E-state index < -0.39 is 17.9 Å². The molecule has 0 spiro atoms. The molecule has 0 unspecified atom stereocenters. The van der Waals surface area contributed by atoms with Crippen LogP contribution in [0.3, 0.4) is 0 Å². The molecule has 1 heterocycles. The molecule has 2 N–H and O–H groups in total. The summed E-state index contributed by atoms with van der Waals surface area (Å²) in [7, 11) is 0. The number of ether oxygens (including phenoxy) is 1. The molecule has 116 valence electrons. The highest BCUT2D eigenvalue weighted by Crippen LogP contribution is 2.12. The Morgan fingerprint density at radius 1 is 1.36 bits per heavy atom. The first-order valence-corrected chi connectivity index (χ1v) is 6.50. The van der Waals surface area contributed by atoms with Crippen molar-refractivity contribution in [2.24, 2.45) is 0 Å². The van der Waals surface area contributed by atoms with Gasteiger partial charge in [-0.15, -0.1) is 0 Å². The quantitative estimate of drug-likeness (QED) is 0.778. The summed E-state index contributed by atoms with van der Waals surface area (Å²) in [6.07, 6.45) is 0. The number of hydrogen-bond donors (Lipinski definition) is 2. The summed E-state index contributed by atoms with van der Waals surface area (Å²) < 4.78 is 9.93. The summed E-state index contributed by atoms with van der Waals surface area (Å²) >= 11 is 0. The molecule has 0 aliphatic heterocycles. The molecule has 1 aromatic heterocycles. The average molecular weight is 305 g/mol. The lowest BCUT2D eigenvalue weighted by molar-refractivity contribution is -0.142. The van der Waals surface area contributed by atoms with Crippen molar-refractivity contribution in [1.82, 2.24) is 15.5 Å². The topological polar surface area (TPSA) is 115 Å². The van der Waals surface area contributed by atoms with Gasteiger partial charge >= 0.3 is 5.97 Å². The van der Waals surface area contributed by atoms with Crippen molar-refractivity contribution in [2.45, 2.75) is 19.6 Å². The number of aromatic nitrogens is 2. The zero-order valence-corrected chi connectivity index (χ0v) is 11.9. The van der Waals surface area contributed by atoms with Crippen LogP contribution in [0.5, 0.6) is 0 Å². The lowest BCUT2D eigenvalue weighted by Crippen LogP contribution is -2.36. The van der Waals surface area contributed by atoms with Crippen LogP contribution in [0.2, 0.25) is 0 Å². The number of carboxylic acid groups (broad SMARTS) is 1. The van der Waals surface area contributed by atoms with E-state index in [1.165, 1.54) is 0 Å². The van der Waals surface area contributed by atoms with Crippen molar-refractivity contribution < 1.29 is 24.0 Å². The van der Waals surface area contributed by atoms with Crippen LogP contribution in [0.1, 0.15) is 23.3 Å². The number of aliphatic carboxylic acids is 1. The second kappa shape index (κ2) is 7.32. The number of hydrogen-bond acceptors (Lipinski definition) is 6. The van der Waals surface area contributed by atoms with Crippen LogP contribution in [-0.2, 0) is 20.9 Å². The number of nitrogens with one attached hydrogen (secondary N) is 1. The van der Waals surface area contributed by atoms with Gasteiger partial charge in [-0.05, 0) is 12.5 Å². The molecule has 0 bridgehead atoms. The van der Waals surface area contributed by atoms with E-state index in [1.54, 1.807) is 37.3 Å². The van der Waals surface area contributed by atoms with Crippen LogP contribution < -0.4 is 5.32 Å². The first-order chi connectivity index (χ1) is 10.6. The van der Waals surface area contributed by atoms with Gasteiger partial charge in [0.1, 0.15) is 13.2 Å². The van der Waals surface area contributed by atoms with Gasteiger partial charge < -0.3 is 19.7 Å². The molecule has 1 amide bonds. The van der Waals surface area contributed by atoms with Crippen LogP contribution in [0.15, 0.2) is 34.9 Å². The van der Waals surface area contributed by atoms with Gasteiger partial charge in [-0.25, -0.2) is 4.79 Å². The number of amides is 1. The molecule has 8 heteroatoms. The van der Waals surface area contributed by atoms with Gasteiger partial charge in [0, 0.05) is 0 Å². The van der Waals surface area contributed by atoms with Gasteiger partial charge in [-0.2, -0.15) is 4.98 Å². The average Bonchev–Trinajstić information content (AvgIpc) is 2.91. The first-order valence-electron chi connectivity index (χ1n) is 6.50. The van der Waals surface area contributed by atoms with E-state index in [0.29, 0.717) is 11.4 Å². The summed E-state index contributed by atoms with van der Waals surface area (Å²) in [6.45, 7) is 1.34. The maximum Gasteiger partial charge on any atom is 0.330 e. The molecule has 0 saturated carbocycles. The SMILES string of the molecule is Cc1noc(COCC(=O)N[C@H](C(=O)O)c2ccccc2)n1. The van der Waals surface area contributed by atoms with Crippen molar-refractivity contribution in [3.8, 4) is 0 Å². The molecule has 2 rings (SSSR count). The van der Waals surface area contributed by atoms with Crippen molar-refractivity contribution in [2.75, 3.05) is 6.61 Å². The predicted octanol–water partition coefficient (Wildman–Crippen LogP) is 0.837. The fraction of sp³-hybridized carbons (Fsp3) is 0.286. The Kier molecular flexibility index (Phi) is 5.21. The van der Waals surface area contributed by atoms with Crippen molar-refractivity contribution >= 4 is 11.9 Å². The normalized spacial score (nSPS) is 11.9. The van der Waals surface area contributed by atoms with Gasteiger partial charge in [0.2, 0.25) is 5.91 Å². The molecular weight excluding hydrogens is 290 g/mol. The maximum atomic E-state index is 11.8. The van der Waals surface area contributed by atoms with Crippen molar-refractivity contribution in [3.05, 3.63) is 47.6 Å². The minimum absolute atomic E-state index is 0.0165. The second-order valence-electron chi connectivity index (χ2n) is 4.48. The Morgan fingerprint density at radius 3 is 2.68 bits per heavy atom. The van der Waals surface area contributed by atoms with Gasteiger partial charge in [0.05, 0.1) is 0 Å². The van der Waals surface area contributed by atoms with Gasteiger partial charge in [0.15, 0.2) is 11.9 Å². The van der Waals surface area contributed by atoms with Crippen LogP contribution in [0, 0.1) is 6.92 Å². The number of carbonyl (C=O) groups excluding carboxylic acids is 1. The summed E-state index contributed by atoms with van der Waals surface area (Å²) in [6, 6.07) is 7.29. The van der Waals surface area contributed by atoms with E-state index in [-0.39, 0.29) is 19.1 Å². The molecule has 1 atom stereocenters. The molecule has 22 heavy (non-hydrogen) atoms. The number of aryl methyl sites for hydroxylation is 1. The summed E-state index contributed by atoms with van der Waals surface area (Å²) in [5.41, 5.74) is 0.482. The molecule has 1 aromatic carbocycles. The molecule has 2 aromatic rings. The van der Waals surface area contributed by atoms with Crippen molar-refractivity contribution in [1.29, 1.82) is 0 Å². The Labute approximate surface area is 126 Å². The highest BCUT2D eigenvalue weighted by Gasteiger charge is 2.21. The third-order valence-corrected chi connectivity index (χ3v) is 2.71. The number of rotatable bonds is 7. The zero-order chi connectivity index (χ0) is 15.9. The monoisotopic (exact) mass is 305 g/mol. The van der Waals surface area contributed by atoms with Crippen LogP contribution in [0.25, 0.3) is 0 Å². The minimum atomic E-state index is -1.15. The van der Waals surface area contributed by atoms with E-state index in [2.05, 4.69) is 15.5 Å². The lowest BCUT2D eigenvalue weighted by atomic mass is 10.1. The highest BCUT2D eigenvalue weighted by molar-refractivity contribution is 5.85. The Balaban J connectivity index is 1.85. The van der Waals surface area contributed by atoms with Crippen molar-refractivity contribution in [3.63, 3.8) is 0 Å². The second-order valence-corrected chi connectivity index (χ2v) is 4.48. The largest absolute Gasteiger partial charge is 0.479 e. The Hall–Kier alpha value is -2.74. The smallest absolute Gasteiger partial charge is 0.330 e.